The maximum atomic E-state index is 12.7. The zero-order valence-corrected chi connectivity index (χ0v) is 17.2. The van der Waals surface area contributed by atoms with E-state index in [1.54, 1.807) is 14.0 Å². The predicted octanol–water partition coefficient (Wildman–Crippen LogP) is 1.95. The summed E-state index contributed by atoms with van der Waals surface area (Å²) in [6.07, 6.45) is 2.98. The Balaban J connectivity index is 1.78. The van der Waals surface area contributed by atoms with Gasteiger partial charge in [0.25, 0.3) is 10.0 Å². The lowest BCUT2D eigenvalue weighted by Gasteiger charge is -2.29. The van der Waals surface area contributed by atoms with E-state index >= 15 is 0 Å². The molecule has 0 radical (unpaired) electrons. The topological polar surface area (TPSA) is 101 Å². The molecule has 0 amide bonds. The molecule has 1 aliphatic rings. The number of sulfonamides is 2. The number of piperidine rings is 1. The van der Waals surface area contributed by atoms with E-state index in [0.29, 0.717) is 30.4 Å². The molecule has 148 valence electrons. The van der Waals surface area contributed by atoms with Gasteiger partial charge in [0.05, 0.1) is 16.8 Å². The molecule has 0 saturated carbocycles. The van der Waals surface area contributed by atoms with E-state index in [9.17, 15) is 16.8 Å². The van der Waals surface area contributed by atoms with Crippen molar-refractivity contribution in [3.05, 3.63) is 36.2 Å². The molecule has 1 aliphatic heterocycles. The Morgan fingerprint density at radius 2 is 1.67 bits per heavy atom. The summed E-state index contributed by atoms with van der Waals surface area (Å²) in [7, 11) is -5.69. The summed E-state index contributed by atoms with van der Waals surface area (Å²) in [4.78, 5) is 0.252. The first-order valence-electron chi connectivity index (χ1n) is 8.73. The van der Waals surface area contributed by atoms with Crippen LogP contribution in [0.4, 0.5) is 5.69 Å². The summed E-state index contributed by atoms with van der Waals surface area (Å²) in [5.74, 6) is 0.532. The van der Waals surface area contributed by atoms with Crippen LogP contribution in [-0.4, -0.2) is 44.0 Å². The molecule has 1 fully saturated rings. The zero-order valence-electron chi connectivity index (χ0n) is 15.6. The maximum absolute atomic E-state index is 12.7. The van der Waals surface area contributed by atoms with Gasteiger partial charge in [-0.3, -0.25) is 9.40 Å². The minimum Gasteiger partial charge on any atom is -0.280 e. The van der Waals surface area contributed by atoms with E-state index in [4.69, 9.17) is 0 Å². The Morgan fingerprint density at radius 1 is 1.07 bits per heavy atom. The number of hydrogen-bond donors (Lipinski definition) is 1. The lowest BCUT2D eigenvalue weighted by atomic mass is 10.0. The van der Waals surface area contributed by atoms with Crippen molar-refractivity contribution in [2.24, 2.45) is 13.0 Å². The Bertz CT molecular complexity index is 1020. The molecule has 0 unspecified atom stereocenters. The molecule has 1 aromatic heterocycles. The number of hydrogen-bond acceptors (Lipinski definition) is 5. The van der Waals surface area contributed by atoms with Crippen LogP contribution in [-0.2, 0) is 27.1 Å². The van der Waals surface area contributed by atoms with E-state index in [0.717, 1.165) is 12.8 Å². The van der Waals surface area contributed by atoms with Crippen molar-refractivity contribution in [3.8, 4) is 0 Å². The van der Waals surface area contributed by atoms with Gasteiger partial charge in [-0.2, -0.15) is 9.40 Å². The highest BCUT2D eigenvalue weighted by Gasteiger charge is 2.28. The molecule has 1 aromatic carbocycles. The third-order valence-corrected chi connectivity index (χ3v) is 8.36. The van der Waals surface area contributed by atoms with Gasteiger partial charge in [-0.25, -0.2) is 16.8 Å². The van der Waals surface area contributed by atoms with Gasteiger partial charge < -0.3 is 0 Å². The summed E-state index contributed by atoms with van der Waals surface area (Å²) >= 11 is 0. The number of nitrogens with one attached hydrogen (secondary N) is 1. The van der Waals surface area contributed by atoms with Crippen LogP contribution in [0.25, 0.3) is 0 Å². The molecule has 1 N–H and O–H groups in total. The molecule has 2 heterocycles. The summed E-state index contributed by atoms with van der Waals surface area (Å²) in [5, 5.41) is 3.94. The minimum atomic E-state index is -3.79. The summed E-state index contributed by atoms with van der Waals surface area (Å²) < 4.78 is 55.9. The van der Waals surface area contributed by atoms with E-state index in [2.05, 4.69) is 16.7 Å². The minimum absolute atomic E-state index is 0.0872. The fourth-order valence-corrected chi connectivity index (χ4v) is 5.75. The summed E-state index contributed by atoms with van der Waals surface area (Å²) in [5.41, 5.74) is 0.811. The number of rotatable bonds is 5. The molecular formula is C17H24N4O4S2. The highest BCUT2D eigenvalue weighted by Crippen LogP contribution is 2.25. The van der Waals surface area contributed by atoms with E-state index in [1.165, 1.54) is 39.4 Å². The average Bonchev–Trinajstić information content (AvgIpc) is 2.95. The Morgan fingerprint density at radius 3 is 2.19 bits per heavy atom. The van der Waals surface area contributed by atoms with Gasteiger partial charge in [0, 0.05) is 25.8 Å². The first-order chi connectivity index (χ1) is 12.6. The lowest BCUT2D eigenvalue weighted by molar-refractivity contribution is 0.288. The number of anilines is 1. The van der Waals surface area contributed by atoms with E-state index in [1.807, 2.05) is 0 Å². The van der Waals surface area contributed by atoms with Gasteiger partial charge in [0.15, 0.2) is 0 Å². The van der Waals surface area contributed by atoms with Crippen LogP contribution in [0.3, 0.4) is 0 Å². The number of aromatic nitrogens is 2. The second-order valence-corrected chi connectivity index (χ2v) is 10.5. The third kappa shape index (κ3) is 4.02. The molecule has 27 heavy (non-hydrogen) atoms. The molecule has 0 aliphatic carbocycles. The maximum Gasteiger partial charge on any atom is 0.265 e. The van der Waals surface area contributed by atoms with Crippen LogP contribution < -0.4 is 4.72 Å². The Hall–Kier alpha value is -1.91. The van der Waals surface area contributed by atoms with Crippen LogP contribution >= 0.6 is 0 Å². The number of nitrogens with zero attached hydrogens (tertiary/aromatic N) is 3. The van der Waals surface area contributed by atoms with Crippen LogP contribution in [0.2, 0.25) is 0 Å². The van der Waals surface area contributed by atoms with Crippen molar-refractivity contribution in [3.63, 3.8) is 0 Å². The normalized spacial score (nSPS) is 17.1. The van der Waals surface area contributed by atoms with Crippen molar-refractivity contribution >= 4 is 25.7 Å². The molecule has 0 spiro atoms. The van der Waals surface area contributed by atoms with Crippen LogP contribution in [0.15, 0.2) is 40.3 Å². The molecule has 0 bridgehead atoms. The van der Waals surface area contributed by atoms with Gasteiger partial charge in [0.1, 0.15) is 4.90 Å². The Labute approximate surface area is 160 Å². The number of aryl methyl sites for hydroxylation is 1. The quantitative estimate of drug-likeness (QED) is 0.809. The van der Waals surface area contributed by atoms with Gasteiger partial charge >= 0.3 is 0 Å². The SMILES string of the molecule is Cc1c(S(=O)(=O)Nc2ccc(S(=O)(=O)N3CCC(C)CC3)cc2)cnn1C. The first-order valence-corrected chi connectivity index (χ1v) is 11.7. The smallest absolute Gasteiger partial charge is 0.265 e. The second kappa shape index (κ2) is 7.25. The zero-order chi connectivity index (χ0) is 19.8. The highest BCUT2D eigenvalue weighted by atomic mass is 32.2. The molecule has 2 aromatic rings. The molecule has 0 atom stereocenters. The predicted molar refractivity (Wildman–Crippen MR) is 102 cm³/mol. The number of benzene rings is 1. The van der Waals surface area contributed by atoms with Crippen molar-refractivity contribution < 1.29 is 16.8 Å². The van der Waals surface area contributed by atoms with Crippen molar-refractivity contribution in [1.29, 1.82) is 0 Å². The molecule has 3 rings (SSSR count). The average molecular weight is 413 g/mol. The van der Waals surface area contributed by atoms with Crippen molar-refractivity contribution in [2.75, 3.05) is 17.8 Å². The molecular weight excluding hydrogens is 388 g/mol. The summed E-state index contributed by atoms with van der Waals surface area (Å²) in [6, 6.07) is 5.79. The van der Waals surface area contributed by atoms with Crippen LogP contribution in [0.1, 0.15) is 25.5 Å². The van der Waals surface area contributed by atoms with Crippen molar-refractivity contribution in [1.82, 2.24) is 14.1 Å². The van der Waals surface area contributed by atoms with Gasteiger partial charge in [0.2, 0.25) is 10.0 Å². The fourth-order valence-electron chi connectivity index (χ4n) is 3.02. The molecule has 8 nitrogen and oxygen atoms in total. The van der Waals surface area contributed by atoms with E-state index in [-0.39, 0.29) is 9.79 Å². The van der Waals surface area contributed by atoms with Gasteiger partial charge in [-0.15, -0.1) is 0 Å². The monoisotopic (exact) mass is 412 g/mol. The van der Waals surface area contributed by atoms with Crippen LogP contribution in [0, 0.1) is 12.8 Å². The van der Waals surface area contributed by atoms with Crippen molar-refractivity contribution in [2.45, 2.75) is 36.5 Å². The second-order valence-electron chi connectivity index (χ2n) is 6.93. The Kier molecular flexibility index (Phi) is 5.33. The molecule has 1 saturated heterocycles. The van der Waals surface area contributed by atoms with Gasteiger partial charge in [-0.05, 0) is 49.9 Å². The van der Waals surface area contributed by atoms with Gasteiger partial charge in [-0.1, -0.05) is 6.92 Å². The first kappa shape index (κ1) is 19.8. The summed E-state index contributed by atoms with van der Waals surface area (Å²) in [6.45, 7) is 4.81. The highest BCUT2D eigenvalue weighted by molar-refractivity contribution is 7.92. The van der Waals surface area contributed by atoms with E-state index < -0.39 is 20.0 Å². The third-order valence-electron chi connectivity index (χ3n) is 4.97. The fraction of sp³-hybridized carbons (Fsp3) is 0.471. The van der Waals surface area contributed by atoms with Crippen LogP contribution in [0.5, 0.6) is 0 Å². The molecule has 10 heteroatoms. The largest absolute Gasteiger partial charge is 0.280 e. The standard InChI is InChI=1S/C17H24N4O4S2/c1-13-8-10-21(11-9-13)27(24,25)16-6-4-15(5-7-16)19-26(22,23)17-12-18-20(3)14(17)2/h4-7,12-13,19H,8-11H2,1-3H3. The lowest BCUT2D eigenvalue weighted by Crippen LogP contribution is -2.37.